The number of hydrogen-bond acceptors (Lipinski definition) is 3. The molecule has 3 amide bonds. The van der Waals surface area contributed by atoms with E-state index in [0.29, 0.717) is 0 Å². The van der Waals surface area contributed by atoms with E-state index in [1.807, 2.05) is 0 Å². The maximum absolute atomic E-state index is 12.1. The van der Waals surface area contributed by atoms with Crippen molar-refractivity contribution in [2.45, 2.75) is 57.7 Å². The van der Waals surface area contributed by atoms with Crippen LogP contribution in [0.25, 0.3) is 0 Å². The highest BCUT2D eigenvalue weighted by molar-refractivity contribution is 5.78. The number of alkyl halides is 2. The maximum atomic E-state index is 12.1. The van der Waals surface area contributed by atoms with E-state index < -0.39 is 6.61 Å². The van der Waals surface area contributed by atoms with Crippen molar-refractivity contribution in [3.8, 4) is 5.75 Å². The van der Waals surface area contributed by atoms with Crippen molar-refractivity contribution in [2.75, 3.05) is 6.54 Å². The fraction of sp³-hybridized carbons (Fsp3) is 0.556. The van der Waals surface area contributed by atoms with Crippen molar-refractivity contribution in [3.05, 3.63) is 29.8 Å². The third kappa shape index (κ3) is 7.67. The Hall–Kier alpha value is -2.38. The van der Waals surface area contributed by atoms with Crippen molar-refractivity contribution in [2.24, 2.45) is 0 Å². The van der Waals surface area contributed by atoms with Crippen molar-refractivity contribution < 1.29 is 23.1 Å². The maximum Gasteiger partial charge on any atom is 0.387 e. The normalized spacial score (nSPS) is 14.7. The zero-order valence-corrected chi connectivity index (χ0v) is 14.6. The van der Waals surface area contributed by atoms with E-state index in [4.69, 9.17) is 0 Å². The van der Waals surface area contributed by atoms with Crippen LogP contribution in [0.1, 0.15) is 44.1 Å². The molecule has 8 heteroatoms. The van der Waals surface area contributed by atoms with Gasteiger partial charge in [-0.25, -0.2) is 4.79 Å². The Labute approximate surface area is 151 Å². The predicted octanol–water partition coefficient (Wildman–Crippen LogP) is 2.93. The van der Waals surface area contributed by atoms with Crippen molar-refractivity contribution in [3.63, 3.8) is 0 Å². The lowest BCUT2D eigenvalue weighted by Gasteiger charge is -2.22. The Bertz CT molecular complexity index is 576. The lowest BCUT2D eigenvalue weighted by atomic mass is 9.96. The quantitative estimate of drug-likeness (QED) is 0.659. The van der Waals surface area contributed by atoms with Gasteiger partial charge in [-0.15, -0.1) is 0 Å². The molecule has 0 radical (unpaired) electrons. The number of halogens is 2. The summed E-state index contributed by atoms with van der Waals surface area (Å²) >= 11 is 0. The Kier molecular flexibility index (Phi) is 8.11. The first kappa shape index (κ1) is 19.9. The van der Waals surface area contributed by atoms with Crippen LogP contribution in [-0.4, -0.2) is 31.1 Å². The molecule has 1 aliphatic rings. The Morgan fingerprint density at radius 1 is 1.08 bits per heavy atom. The van der Waals surface area contributed by atoms with Crippen LogP contribution in [0.3, 0.4) is 0 Å². The molecule has 1 aromatic rings. The third-order valence-electron chi connectivity index (χ3n) is 4.22. The summed E-state index contributed by atoms with van der Waals surface area (Å²) < 4.78 is 28.4. The van der Waals surface area contributed by atoms with Crippen molar-refractivity contribution in [1.29, 1.82) is 0 Å². The van der Waals surface area contributed by atoms with Gasteiger partial charge in [-0.1, -0.05) is 31.4 Å². The molecule has 1 aromatic carbocycles. The highest BCUT2D eigenvalue weighted by Crippen LogP contribution is 2.17. The van der Waals surface area contributed by atoms with Crippen molar-refractivity contribution in [1.82, 2.24) is 16.0 Å². The number of hydrogen-bond donors (Lipinski definition) is 3. The monoisotopic (exact) mass is 369 g/mol. The van der Waals surface area contributed by atoms with E-state index in [0.717, 1.165) is 31.2 Å². The van der Waals surface area contributed by atoms with Gasteiger partial charge in [0.1, 0.15) is 5.75 Å². The van der Waals surface area contributed by atoms with E-state index in [9.17, 15) is 18.4 Å². The standard InChI is InChI=1S/C18H25F2N3O3/c19-17(20)26-15-8-6-13(7-9-15)12-22-16(24)10-11-21-18(25)23-14-4-2-1-3-5-14/h6-9,14,17H,1-5,10-12H2,(H,22,24)(H2,21,23,25). The van der Waals surface area contributed by atoms with Gasteiger partial charge < -0.3 is 20.7 Å². The number of rotatable bonds is 8. The minimum Gasteiger partial charge on any atom is -0.435 e. The first-order valence-corrected chi connectivity index (χ1v) is 8.88. The molecule has 2 rings (SSSR count). The van der Waals surface area contributed by atoms with E-state index in [-0.39, 0.29) is 43.2 Å². The zero-order chi connectivity index (χ0) is 18.8. The molecule has 0 saturated heterocycles. The van der Waals surface area contributed by atoms with Crippen LogP contribution in [0.4, 0.5) is 13.6 Å². The summed E-state index contributed by atoms with van der Waals surface area (Å²) in [7, 11) is 0. The summed E-state index contributed by atoms with van der Waals surface area (Å²) in [4.78, 5) is 23.6. The molecule has 0 aromatic heterocycles. The van der Waals surface area contributed by atoms with Gasteiger partial charge in [0.25, 0.3) is 0 Å². The average molecular weight is 369 g/mol. The van der Waals surface area contributed by atoms with E-state index in [1.165, 1.54) is 18.6 Å². The van der Waals surface area contributed by atoms with Gasteiger partial charge in [-0.05, 0) is 30.5 Å². The van der Waals surface area contributed by atoms with Crippen LogP contribution >= 0.6 is 0 Å². The first-order valence-electron chi connectivity index (χ1n) is 8.88. The molecule has 0 bridgehead atoms. The molecule has 0 spiro atoms. The summed E-state index contributed by atoms with van der Waals surface area (Å²) in [6.45, 7) is -2.32. The lowest BCUT2D eigenvalue weighted by Crippen LogP contribution is -2.43. The Morgan fingerprint density at radius 3 is 2.42 bits per heavy atom. The van der Waals surface area contributed by atoms with E-state index in [1.54, 1.807) is 12.1 Å². The number of benzene rings is 1. The van der Waals surface area contributed by atoms with Crippen LogP contribution in [-0.2, 0) is 11.3 Å². The van der Waals surface area contributed by atoms with Crippen LogP contribution in [0.5, 0.6) is 5.75 Å². The highest BCUT2D eigenvalue weighted by atomic mass is 19.3. The minimum absolute atomic E-state index is 0.0725. The van der Waals surface area contributed by atoms with Gasteiger partial charge in [0, 0.05) is 25.6 Å². The van der Waals surface area contributed by atoms with E-state index >= 15 is 0 Å². The second-order valence-electron chi connectivity index (χ2n) is 6.28. The van der Waals surface area contributed by atoms with Crippen LogP contribution in [0.15, 0.2) is 24.3 Å². The first-order chi connectivity index (χ1) is 12.5. The molecule has 3 N–H and O–H groups in total. The Balaban J connectivity index is 1.59. The lowest BCUT2D eigenvalue weighted by molar-refractivity contribution is -0.121. The van der Waals surface area contributed by atoms with Crippen molar-refractivity contribution >= 4 is 11.9 Å². The second kappa shape index (κ2) is 10.6. The summed E-state index contributed by atoms with van der Waals surface area (Å²) in [5.74, 6) is -0.126. The number of amides is 3. The molecule has 1 saturated carbocycles. The van der Waals surface area contributed by atoms with E-state index in [2.05, 4.69) is 20.7 Å². The molecule has 144 valence electrons. The largest absolute Gasteiger partial charge is 0.435 e. The molecule has 0 atom stereocenters. The Morgan fingerprint density at radius 2 is 1.77 bits per heavy atom. The molecule has 0 aliphatic heterocycles. The smallest absolute Gasteiger partial charge is 0.387 e. The predicted molar refractivity (Wildman–Crippen MR) is 92.9 cm³/mol. The number of carbonyl (C=O) groups is 2. The molecule has 6 nitrogen and oxygen atoms in total. The topological polar surface area (TPSA) is 79.5 Å². The molecule has 26 heavy (non-hydrogen) atoms. The minimum atomic E-state index is -2.86. The van der Waals surface area contributed by atoms with Gasteiger partial charge >= 0.3 is 12.6 Å². The summed E-state index contributed by atoms with van der Waals surface area (Å²) in [5.41, 5.74) is 0.767. The summed E-state index contributed by atoms with van der Waals surface area (Å²) in [6.07, 6.45) is 5.70. The highest BCUT2D eigenvalue weighted by Gasteiger charge is 2.15. The average Bonchev–Trinajstić information content (AvgIpc) is 2.61. The van der Waals surface area contributed by atoms with Crippen LogP contribution in [0.2, 0.25) is 0 Å². The fourth-order valence-electron chi connectivity index (χ4n) is 2.85. The molecule has 0 heterocycles. The fourth-order valence-corrected chi connectivity index (χ4v) is 2.85. The number of urea groups is 1. The number of nitrogens with one attached hydrogen (secondary N) is 3. The molecular formula is C18H25F2N3O3. The van der Waals surface area contributed by atoms with Gasteiger partial charge in [0.05, 0.1) is 0 Å². The van der Waals surface area contributed by atoms with Crippen LogP contribution < -0.4 is 20.7 Å². The molecular weight excluding hydrogens is 344 g/mol. The third-order valence-corrected chi connectivity index (χ3v) is 4.22. The number of ether oxygens (including phenoxy) is 1. The summed E-state index contributed by atoms with van der Waals surface area (Å²) in [5, 5.41) is 8.32. The summed E-state index contributed by atoms with van der Waals surface area (Å²) in [6, 6.07) is 6.05. The van der Waals surface area contributed by atoms with Gasteiger partial charge in [0.15, 0.2) is 0 Å². The number of carbonyl (C=O) groups excluding carboxylic acids is 2. The van der Waals surface area contributed by atoms with Gasteiger partial charge in [-0.2, -0.15) is 8.78 Å². The zero-order valence-electron chi connectivity index (χ0n) is 14.6. The van der Waals surface area contributed by atoms with Gasteiger partial charge in [0.2, 0.25) is 5.91 Å². The SMILES string of the molecule is O=C(CCNC(=O)NC1CCCCC1)NCc1ccc(OC(F)F)cc1. The molecule has 1 fully saturated rings. The molecule has 0 unspecified atom stereocenters. The van der Waals surface area contributed by atoms with Gasteiger partial charge in [-0.3, -0.25) is 4.79 Å². The molecule has 1 aliphatic carbocycles. The van der Waals surface area contributed by atoms with Crippen LogP contribution in [0, 0.1) is 0 Å². The second-order valence-corrected chi connectivity index (χ2v) is 6.28.